The number of carbonyl (C=O) groups excluding carboxylic acids is 1. The molecule has 2 N–H and O–H groups in total. The van der Waals surface area contributed by atoms with Crippen LogP contribution in [0.3, 0.4) is 0 Å². The van der Waals surface area contributed by atoms with Crippen molar-refractivity contribution in [1.82, 2.24) is 0 Å². The number of rotatable bonds is 4. The van der Waals surface area contributed by atoms with E-state index in [2.05, 4.69) is 0 Å². The third kappa shape index (κ3) is 1.32. The highest BCUT2D eigenvalue weighted by atomic mass is 16.5. The lowest BCUT2D eigenvalue weighted by atomic mass is 10.1. The maximum atomic E-state index is 11.2. The van der Waals surface area contributed by atoms with E-state index in [9.17, 15) is 4.79 Å². The molecule has 4 nitrogen and oxygen atoms in total. The Labute approximate surface area is 71.2 Å². The molecule has 0 saturated heterocycles. The third-order valence-corrected chi connectivity index (χ3v) is 2.42. The molecule has 4 heteroatoms. The van der Waals surface area contributed by atoms with E-state index in [-0.39, 0.29) is 25.1 Å². The van der Waals surface area contributed by atoms with Crippen molar-refractivity contribution in [3.63, 3.8) is 0 Å². The van der Waals surface area contributed by atoms with E-state index < -0.39 is 5.41 Å². The van der Waals surface area contributed by atoms with Gasteiger partial charge in [0.25, 0.3) is 0 Å². The van der Waals surface area contributed by atoms with Gasteiger partial charge in [-0.3, -0.25) is 4.79 Å². The predicted octanol–water partition coefficient (Wildman–Crippen LogP) is -0.460. The number of aliphatic hydroxyl groups is 2. The monoisotopic (exact) mass is 174 g/mol. The summed E-state index contributed by atoms with van der Waals surface area (Å²) < 4.78 is 4.78. The van der Waals surface area contributed by atoms with Gasteiger partial charge in [0.2, 0.25) is 0 Å². The number of esters is 1. The molecular weight excluding hydrogens is 160 g/mol. The molecule has 12 heavy (non-hydrogen) atoms. The first-order valence-corrected chi connectivity index (χ1v) is 4.10. The lowest BCUT2D eigenvalue weighted by molar-refractivity contribution is -0.152. The minimum absolute atomic E-state index is 0.0562. The fraction of sp³-hybridized carbons (Fsp3) is 0.875. The topological polar surface area (TPSA) is 66.8 Å². The Bertz CT molecular complexity index is 180. The molecule has 1 aliphatic rings. The van der Waals surface area contributed by atoms with Gasteiger partial charge >= 0.3 is 5.97 Å². The molecule has 1 fully saturated rings. The van der Waals surface area contributed by atoms with E-state index >= 15 is 0 Å². The van der Waals surface area contributed by atoms with Crippen LogP contribution in [0.2, 0.25) is 0 Å². The van der Waals surface area contributed by atoms with Gasteiger partial charge < -0.3 is 14.9 Å². The zero-order valence-corrected chi connectivity index (χ0v) is 7.12. The van der Waals surface area contributed by atoms with Crippen molar-refractivity contribution in [2.45, 2.75) is 13.3 Å². The normalized spacial score (nSPS) is 33.1. The van der Waals surface area contributed by atoms with Crippen LogP contribution >= 0.6 is 0 Å². The quantitative estimate of drug-likeness (QED) is 0.566. The summed E-state index contributed by atoms with van der Waals surface area (Å²) in [5, 5.41) is 17.7. The third-order valence-electron chi connectivity index (χ3n) is 2.42. The minimum atomic E-state index is -0.787. The van der Waals surface area contributed by atoms with Gasteiger partial charge in [-0.2, -0.15) is 0 Å². The Balaban J connectivity index is 2.53. The number of hydrogen-bond donors (Lipinski definition) is 2. The highest BCUT2D eigenvalue weighted by Gasteiger charge is 2.60. The van der Waals surface area contributed by atoms with E-state index in [0.717, 1.165) is 0 Å². The number of carbonyl (C=O) groups is 1. The maximum Gasteiger partial charge on any atom is 0.314 e. The van der Waals surface area contributed by atoms with Crippen LogP contribution in [0.25, 0.3) is 0 Å². The molecule has 0 bridgehead atoms. The van der Waals surface area contributed by atoms with Crippen LogP contribution in [0.15, 0.2) is 0 Å². The first kappa shape index (κ1) is 9.48. The zero-order chi connectivity index (χ0) is 9.19. The number of hydrogen-bond acceptors (Lipinski definition) is 4. The Kier molecular flexibility index (Phi) is 2.69. The van der Waals surface area contributed by atoms with Crippen molar-refractivity contribution < 1.29 is 19.7 Å². The molecule has 0 unspecified atom stereocenters. The minimum Gasteiger partial charge on any atom is -0.465 e. The lowest BCUT2D eigenvalue weighted by Gasteiger charge is -2.11. The van der Waals surface area contributed by atoms with Crippen molar-refractivity contribution in [1.29, 1.82) is 0 Å². The summed E-state index contributed by atoms with van der Waals surface area (Å²) in [5.74, 6) is -0.492. The lowest BCUT2D eigenvalue weighted by Crippen LogP contribution is -2.25. The van der Waals surface area contributed by atoms with Crippen LogP contribution in [0, 0.1) is 11.3 Å². The first-order chi connectivity index (χ1) is 5.71. The smallest absolute Gasteiger partial charge is 0.314 e. The van der Waals surface area contributed by atoms with Crippen LogP contribution in [0.5, 0.6) is 0 Å². The van der Waals surface area contributed by atoms with Crippen molar-refractivity contribution in [2.75, 3.05) is 19.8 Å². The van der Waals surface area contributed by atoms with Gasteiger partial charge in [0, 0.05) is 12.5 Å². The Morgan fingerprint density at radius 2 is 2.33 bits per heavy atom. The van der Waals surface area contributed by atoms with Gasteiger partial charge in [-0.25, -0.2) is 0 Å². The summed E-state index contributed by atoms with van der Waals surface area (Å²) in [6.45, 7) is 1.76. The van der Waals surface area contributed by atoms with Gasteiger partial charge in [-0.1, -0.05) is 0 Å². The van der Waals surface area contributed by atoms with E-state index in [1.165, 1.54) is 0 Å². The van der Waals surface area contributed by atoms with Gasteiger partial charge in [-0.05, 0) is 13.3 Å². The molecule has 1 rings (SSSR count). The van der Waals surface area contributed by atoms with Crippen LogP contribution in [-0.4, -0.2) is 36.0 Å². The molecule has 1 aliphatic carbocycles. The Hall–Kier alpha value is -0.610. The van der Waals surface area contributed by atoms with Crippen LogP contribution in [0.4, 0.5) is 0 Å². The number of ether oxygens (including phenoxy) is 1. The molecule has 0 aromatic heterocycles. The molecule has 0 amide bonds. The van der Waals surface area contributed by atoms with E-state index in [1.807, 2.05) is 0 Å². The predicted molar refractivity (Wildman–Crippen MR) is 41.3 cm³/mol. The molecular formula is C8H14O4. The molecule has 0 aromatic rings. The van der Waals surface area contributed by atoms with E-state index in [1.54, 1.807) is 6.92 Å². The fourth-order valence-electron chi connectivity index (χ4n) is 1.40. The van der Waals surface area contributed by atoms with Crippen molar-refractivity contribution in [3.8, 4) is 0 Å². The molecule has 0 aromatic carbocycles. The molecule has 0 heterocycles. The molecule has 2 atom stereocenters. The average Bonchev–Trinajstić information content (AvgIpc) is 2.80. The SMILES string of the molecule is CCOC(=O)[C@@]1(CO)C[C@H]1CO. The molecule has 0 aliphatic heterocycles. The molecule has 70 valence electrons. The summed E-state index contributed by atoms with van der Waals surface area (Å²) in [7, 11) is 0. The standard InChI is InChI=1S/C8H14O4/c1-2-12-7(11)8(5-10)3-6(8)4-9/h6,9-10H,2-5H2,1H3/t6-,8+/m0/s1. The van der Waals surface area contributed by atoms with Crippen molar-refractivity contribution in [3.05, 3.63) is 0 Å². The second kappa shape index (κ2) is 3.41. The van der Waals surface area contributed by atoms with Gasteiger partial charge in [0.05, 0.1) is 18.6 Å². The summed E-state index contributed by atoms with van der Waals surface area (Å²) in [5.41, 5.74) is -0.787. The summed E-state index contributed by atoms with van der Waals surface area (Å²) in [6.07, 6.45) is 0.541. The fourth-order valence-corrected chi connectivity index (χ4v) is 1.40. The average molecular weight is 174 g/mol. The van der Waals surface area contributed by atoms with E-state index in [0.29, 0.717) is 13.0 Å². The Morgan fingerprint density at radius 1 is 1.67 bits per heavy atom. The first-order valence-electron chi connectivity index (χ1n) is 4.10. The van der Waals surface area contributed by atoms with Gasteiger partial charge in [-0.15, -0.1) is 0 Å². The summed E-state index contributed by atoms with van der Waals surface area (Å²) in [4.78, 5) is 11.2. The molecule has 1 saturated carbocycles. The Morgan fingerprint density at radius 3 is 2.67 bits per heavy atom. The summed E-state index contributed by atoms with van der Waals surface area (Å²) in [6, 6.07) is 0. The molecule has 0 radical (unpaired) electrons. The largest absolute Gasteiger partial charge is 0.465 e. The highest BCUT2D eigenvalue weighted by Crippen LogP contribution is 2.52. The maximum absolute atomic E-state index is 11.2. The van der Waals surface area contributed by atoms with Gasteiger partial charge in [0.1, 0.15) is 0 Å². The van der Waals surface area contributed by atoms with Crippen molar-refractivity contribution >= 4 is 5.97 Å². The van der Waals surface area contributed by atoms with E-state index in [4.69, 9.17) is 14.9 Å². The van der Waals surface area contributed by atoms with Crippen LogP contribution in [-0.2, 0) is 9.53 Å². The van der Waals surface area contributed by atoms with Crippen molar-refractivity contribution in [2.24, 2.45) is 11.3 Å². The molecule has 0 spiro atoms. The van der Waals surface area contributed by atoms with Crippen LogP contribution in [0.1, 0.15) is 13.3 Å². The second-order valence-corrected chi connectivity index (χ2v) is 3.12. The second-order valence-electron chi connectivity index (χ2n) is 3.12. The highest BCUT2D eigenvalue weighted by molar-refractivity contribution is 5.80. The van der Waals surface area contributed by atoms with Crippen LogP contribution < -0.4 is 0 Å². The zero-order valence-electron chi connectivity index (χ0n) is 7.12. The van der Waals surface area contributed by atoms with Gasteiger partial charge in [0.15, 0.2) is 0 Å². The number of aliphatic hydroxyl groups excluding tert-OH is 2. The summed E-state index contributed by atoms with van der Waals surface area (Å²) >= 11 is 0.